The molecule has 152 valence electrons. The van der Waals surface area contributed by atoms with Gasteiger partial charge in [-0.2, -0.15) is 4.68 Å². The van der Waals surface area contributed by atoms with E-state index < -0.39 is 16.9 Å². The average Bonchev–Trinajstić information content (AvgIpc) is 3.18. The van der Waals surface area contributed by atoms with E-state index in [-0.39, 0.29) is 5.69 Å². The summed E-state index contributed by atoms with van der Waals surface area (Å²) in [4.78, 5) is 24.6. The number of hydrogen-bond donors (Lipinski definition) is 2. The van der Waals surface area contributed by atoms with Gasteiger partial charge in [0.2, 0.25) is 5.95 Å². The molecule has 1 aliphatic rings. The quantitative estimate of drug-likeness (QED) is 0.504. The minimum absolute atomic E-state index is 0.115. The Labute approximate surface area is 171 Å². The van der Waals surface area contributed by atoms with Crippen LogP contribution in [0, 0.1) is 24.0 Å². The highest BCUT2D eigenvalue weighted by atomic mass is 16.6. The number of hydrogen-bond acceptors (Lipinski definition) is 7. The largest absolute Gasteiger partial charge is 0.326 e. The van der Waals surface area contributed by atoms with Gasteiger partial charge in [0, 0.05) is 17.5 Å². The highest BCUT2D eigenvalue weighted by molar-refractivity contribution is 6.06. The van der Waals surface area contributed by atoms with Gasteiger partial charge in [-0.05, 0) is 54.5 Å². The van der Waals surface area contributed by atoms with Crippen LogP contribution in [0.15, 0.2) is 53.7 Å². The minimum atomic E-state index is -0.858. The molecule has 0 saturated heterocycles. The van der Waals surface area contributed by atoms with E-state index in [2.05, 4.69) is 26.2 Å². The third kappa shape index (κ3) is 3.17. The second kappa shape index (κ2) is 7.39. The predicted octanol–water partition coefficient (Wildman–Crippen LogP) is 3.13. The molecule has 4 rings (SSSR count). The van der Waals surface area contributed by atoms with E-state index in [9.17, 15) is 14.9 Å². The van der Waals surface area contributed by atoms with Gasteiger partial charge in [-0.25, -0.2) is 0 Å². The van der Waals surface area contributed by atoms with Crippen molar-refractivity contribution < 1.29 is 9.72 Å². The third-order valence-corrected chi connectivity index (χ3v) is 5.24. The standard InChI is InChI=1S/C20H19N7O3/c1-11-7-6-9-15(12(11)2)22-19(28)17-13(3)21-20-23-24-25-26(20)18(17)14-8-4-5-10-16(14)27(29)30/h4-10,18H,1-3H3,(H,22,28)(H,21,23,25). The van der Waals surface area contributed by atoms with E-state index in [0.29, 0.717) is 28.5 Å². The number of para-hydroxylation sites is 1. The fraction of sp³-hybridized carbons (Fsp3) is 0.200. The molecule has 1 aromatic heterocycles. The molecule has 1 unspecified atom stereocenters. The number of carbonyl (C=O) groups is 1. The zero-order chi connectivity index (χ0) is 21.4. The highest BCUT2D eigenvalue weighted by Crippen LogP contribution is 2.38. The van der Waals surface area contributed by atoms with Gasteiger partial charge in [-0.1, -0.05) is 29.4 Å². The van der Waals surface area contributed by atoms with Crippen LogP contribution in [0.1, 0.15) is 29.7 Å². The van der Waals surface area contributed by atoms with Gasteiger partial charge in [0.05, 0.1) is 16.1 Å². The third-order valence-electron chi connectivity index (χ3n) is 5.24. The lowest BCUT2D eigenvalue weighted by Gasteiger charge is -2.28. The summed E-state index contributed by atoms with van der Waals surface area (Å²) in [7, 11) is 0. The first-order chi connectivity index (χ1) is 14.4. The minimum Gasteiger partial charge on any atom is -0.326 e. The molecule has 0 fully saturated rings. The first-order valence-electron chi connectivity index (χ1n) is 9.25. The molecule has 0 radical (unpaired) electrons. The monoisotopic (exact) mass is 405 g/mol. The van der Waals surface area contributed by atoms with Gasteiger partial charge in [-0.15, -0.1) is 0 Å². The molecule has 2 N–H and O–H groups in total. The Hall–Kier alpha value is -4.08. The average molecular weight is 405 g/mol. The van der Waals surface area contributed by atoms with Crippen molar-refractivity contribution in [2.75, 3.05) is 10.6 Å². The molecular weight excluding hydrogens is 386 g/mol. The van der Waals surface area contributed by atoms with E-state index in [1.165, 1.54) is 10.7 Å². The fourth-order valence-corrected chi connectivity index (χ4v) is 3.56. The smallest absolute Gasteiger partial charge is 0.275 e. The van der Waals surface area contributed by atoms with Crippen LogP contribution in [0.25, 0.3) is 0 Å². The Morgan fingerprint density at radius 2 is 1.93 bits per heavy atom. The molecule has 30 heavy (non-hydrogen) atoms. The molecule has 0 aliphatic carbocycles. The Kier molecular flexibility index (Phi) is 4.74. The van der Waals surface area contributed by atoms with Gasteiger partial charge in [0.25, 0.3) is 11.6 Å². The first-order valence-corrected chi connectivity index (χ1v) is 9.25. The van der Waals surface area contributed by atoms with Crippen molar-refractivity contribution in [3.05, 3.63) is 80.5 Å². The zero-order valence-corrected chi connectivity index (χ0v) is 16.6. The molecule has 2 heterocycles. The number of fused-ring (bicyclic) bond motifs is 1. The number of carbonyl (C=O) groups excluding carboxylic acids is 1. The number of tetrazole rings is 1. The summed E-state index contributed by atoms with van der Waals surface area (Å²) in [6, 6.07) is 11.0. The lowest BCUT2D eigenvalue weighted by molar-refractivity contribution is -0.385. The number of aromatic nitrogens is 4. The van der Waals surface area contributed by atoms with E-state index in [1.807, 2.05) is 32.0 Å². The van der Waals surface area contributed by atoms with E-state index in [4.69, 9.17) is 0 Å². The molecule has 10 nitrogen and oxygen atoms in total. The van der Waals surface area contributed by atoms with Crippen LogP contribution in [0.4, 0.5) is 17.3 Å². The number of rotatable bonds is 4. The van der Waals surface area contributed by atoms with Crippen LogP contribution in [-0.4, -0.2) is 31.0 Å². The molecule has 2 aromatic carbocycles. The molecule has 1 atom stereocenters. The van der Waals surface area contributed by atoms with Crippen LogP contribution < -0.4 is 10.6 Å². The molecule has 10 heteroatoms. The summed E-state index contributed by atoms with van der Waals surface area (Å²) in [5, 5.41) is 29.2. The number of anilines is 2. The number of allylic oxidation sites excluding steroid dienone is 1. The lowest BCUT2D eigenvalue weighted by Crippen LogP contribution is -2.32. The maximum Gasteiger partial charge on any atom is 0.275 e. The zero-order valence-electron chi connectivity index (χ0n) is 16.6. The summed E-state index contributed by atoms with van der Waals surface area (Å²) in [6.45, 7) is 5.60. The van der Waals surface area contributed by atoms with Gasteiger partial charge in [-0.3, -0.25) is 14.9 Å². The van der Waals surface area contributed by atoms with Gasteiger partial charge in [0.15, 0.2) is 0 Å². The van der Waals surface area contributed by atoms with Crippen molar-refractivity contribution in [3.63, 3.8) is 0 Å². The molecular formula is C20H19N7O3. The van der Waals surface area contributed by atoms with Gasteiger partial charge >= 0.3 is 0 Å². The number of nitro benzene ring substituents is 1. The van der Waals surface area contributed by atoms with E-state index in [1.54, 1.807) is 25.1 Å². The molecule has 0 bridgehead atoms. The summed E-state index contributed by atoms with van der Waals surface area (Å²) in [5.74, 6) is -0.0862. The summed E-state index contributed by atoms with van der Waals surface area (Å²) >= 11 is 0. The van der Waals surface area contributed by atoms with Crippen LogP contribution in [0.2, 0.25) is 0 Å². The Balaban J connectivity index is 1.84. The SMILES string of the molecule is CC1=C(C(=O)Nc2cccc(C)c2C)C(c2ccccc2[N+](=O)[O-])n2nnnc2N1. The van der Waals surface area contributed by atoms with Crippen molar-refractivity contribution in [3.8, 4) is 0 Å². The molecule has 1 amide bonds. The van der Waals surface area contributed by atoms with E-state index in [0.717, 1.165) is 11.1 Å². The van der Waals surface area contributed by atoms with Gasteiger partial charge < -0.3 is 10.6 Å². The molecule has 0 spiro atoms. The Morgan fingerprint density at radius 3 is 2.70 bits per heavy atom. The Bertz CT molecular complexity index is 1200. The van der Waals surface area contributed by atoms with Crippen LogP contribution in [0.5, 0.6) is 0 Å². The van der Waals surface area contributed by atoms with Crippen molar-refractivity contribution in [1.82, 2.24) is 20.2 Å². The number of amides is 1. The van der Waals surface area contributed by atoms with Crippen molar-refractivity contribution >= 4 is 23.2 Å². The number of nitrogens with zero attached hydrogens (tertiary/aromatic N) is 5. The second-order valence-electron chi connectivity index (χ2n) is 7.03. The van der Waals surface area contributed by atoms with E-state index >= 15 is 0 Å². The number of nitrogens with one attached hydrogen (secondary N) is 2. The summed E-state index contributed by atoms with van der Waals surface area (Å²) in [5.41, 5.74) is 3.67. The normalized spacial score (nSPS) is 15.4. The second-order valence-corrected chi connectivity index (χ2v) is 7.03. The molecule has 0 saturated carbocycles. The molecule has 3 aromatic rings. The predicted molar refractivity (Wildman–Crippen MR) is 110 cm³/mol. The van der Waals surface area contributed by atoms with Crippen molar-refractivity contribution in [1.29, 1.82) is 0 Å². The summed E-state index contributed by atoms with van der Waals surface area (Å²) < 4.78 is 1.38. The molecule has 1 aliphatic heterocycles. The first kappa shape index (κ1) is 19.2. The van der Waals surface area contributed by atoms with Crippen LogP contribution in [-0.2, 0) is 4.79 Å². The maximum atomic E-state index is 13.4. The lowest BCUT2D eigenvalue weighted by atomic mass is 9.93. The number of benzene rings is 2. The van der Waals surface area contributed by atoms with Gasteiger partial charge in [0.1, 0.15) is 6.04 Å². The van der Waals surface area contributed by atoms with Crippen LogP contribution in [0.3, 0.4) is 0 Å². The number of nitro groups is 1. The highest BCUT2D eigenvalue weighted by Gasteiger charge is 2.37. The maximum absolute atomic E-state index is 13.4. The van der Waals surface area contributed by atoms with Crippen molar-refractivity contribution in [2.24, 2.45) is 0 Å². The van der Waals surface area contributed by atoms with Crippen LogP contribution >= 0.6 is 0 Å². The van der Waals surface area contributed by atoms with Crippen molar-refractivity contribution in [2.45, 2.75) is 26.8 Å². The number of aryl methyl sites for hydroxylation is 1. The summed E-state index contributed by atoms with van der Waals surface area (Å²) in [6.07, 6.45) is 0. The fourth-order valence-electron chi connectivity index (χ4n) is 3.56. The topological polar surface area (TPSA) is 128 Å². The Morgan fingerprint density at radius 1 is 1.17 bits per heavy atom.